The number of benzene rings is 1. The van der Waals surface area contributed by atoms with Gasteiger partial charge in [0.15, 0.2) is 0 Å². The van der Waals surface area contributed by atoms with Crippen LogP contribution in [0.3, 0.4) is 0 Å². The van der Waals surface area contributed by atoms with Crippen molar-refractivity contribution in [2.75, 3.05) is 0 Å². The first-order valence-electron chi connectivity index (χ1n) is 5.62. The second kappa shape index (κ2) is 4.82. The molecule has 1 aromatic heterocycles. The van der Waals surface area contributed by atoms with Crippen molar-refractivity contribution in [1.82, 2.24) is 9.55 Å². The fourth-order valence-corrected chi connectivity index (χ4v) is 2.15. The molecular weight excluding hydrogens is 297 g/mol. The Morgan fingerprint density at radius 3 is 2.78 bits per heavy atom. The van der Waals surface area contributed by atoms with Crippen molar-refractivity contribution in [1.29, 1.82) is 0 Å². The summed E-state index contributed by atoms with van der Waals surface area (Å²) < 4.78 is 16.4. The number of nitrogens with zero attached hydrogens (tertiary/aromatic N) is 2. The average Bonchev–Trinajstić information content (AvgIpc) is 2.63. The van der Waals surface area contributed by atoms with Gasteiger partial charge < -0.3 is 10.3 Å². The Labute approximate surface area is 114 Å². The van der Waals surface area contributed by atoms with Crippen molar-refractivity contribution in [2.45, 2.75) is 25.8 Å². The minimum absolute atomic E-state index is 0.293. The van der Waals surface area contributed by atoms with E-state index in [4.69, 9.17) is 5.73 Å². The first kappa shape index (κ1) is 13.2. The van der Waals surface area contributed by atoms with Gasteiger partial charge in [-0.1, -0.05) is 15.9 Å². The van der Waals surface area contributed by atoms with Gasteiger partial charge in [0, 0.05) is 28.3 Å². The summed E-state index contributed by atoms with van der Waals surface area (Å²) in [6.45, 7) is 3.87. The van der Waals surface area contributed by atoms with Crippen LogP contribution in [-0.4, -0.2) is 15.1 Å². The average molecular weight is 312 g/mol. The second-order valence-electron chi connectivity index (χ2n) is 5.02. The number of nitrogens with two attached hydrogens (primary N) is 1. The zero-order valence-electron chi connectivity index (χ0n) is 10.3. The molecule has 5 heteroatoms. The summed E-state index contributed by atoms with van der Waals surface area (Å²) in [5.74, 6) is -0.293. The van der Waals surface area contributed by atoms with E-state index in [0.29, 0.717) is 16.6 Å². The van der Waals surface area contributed by atoms with E-state index in [1.165, 1.54) is 6.07 Å². The molecule has 3 nitrogen and oxygen atoms in total. The highest BCUT2D eigenvalue weighted by Gasteiger charge is 2.16. The third-order valence-corrected chi connectivity index (χ3v) is 3.01. The molecule has 0 amide bonds. The summed E-state index contributed by atoms with van der Waals surface area (Å²) in [5.41, 5.74) is 7.01. The molecule has 96 valence electrons. The minimum Gasteiger partial charge on any atom is -0.325 e. The fourth-order valence-electron chi connectivity index (χ4n) is 1.81. The number of rotatable bonds is 3. The maximum atomic E-state index is 13.9. The molecular formula is C13H15BrFN3. The maximum Gasteiger partial charge on any atom is 0.148 e. The van der Waals surface area contributed by atoms with Crippen molar-refractivity contribution in [2.24, 2.45) is 5.73 Å². The highest BCUT2D eigenvalue weighted by Crippen LogP contribution is 2.21. The van der Waals surface area contributed by atoms with Gasteiger partial charge in [0.25, 0.3) is 0 Å². The van der Waals surface area contributed by atoms with Gasteiger partial charge in [-0.3, -0.25) is 0 Å². The molecule has 2 N–H and O–H groups in total. The number of halogens is 2. The lowest BCUT2D eigenvalue weighted by atomic mass is 10.0. The Morgan fingerprint density at radius 1 is 1.44 bits per heavy atom. The van der Waals surface area contributed by atoms with Crippen LogP contribution in [0, 0.1) is 5.82 Å². The quantitative estimate of drug-likeness (QED) is 0.946. The molecule has 2 aromatic rings. The molecule has 0 radical (unpaired) electrons. The van der Waals surface area contributed by atoms with Crippen molar-refractivity contribution < 1.29 is 4.39 Å². The van der Waals surface area contributed by atoms with E-state index >= 15 is 0 Å². The molecule has 2 rings (SSSR count). The van der Waals surface area contributed by atoms with Gasteiger partial charge in [0.2, 0.25) is 0 Å². The SMILES string of the molecule is CC(C)(N)Cc1cncn1-c1ccc(Br)cc1F. The summed E-state index contributed by atoms with van der Waals surface area (Å²) in [5, 5.41) is 0. The fraction of sp³-hybridized carbons (Fsp3) is 0.308. The molecule has 0 aliphatic rings. The summed E-state index contributed by atoms with van der Waals surface area (Å²) in [4.78, 5) is 4.08. The van der Waals surface area contributed by atoms with Crippen molar-refractivity contribution >= 4 is 15.9 Å². The van der Waals surface area contributed by atoms with Gasteiger partial charge in [-0.15, -0.1) is 0 Å². The van der Waals surface area contributed by atoms with Crippen LogP contribution >= 0.6 is 15.9 Å². The molecule has 1 aromatic carbocycles. The number of hydrogen-bond acceptors (Lipinski definition) is 2. The van der Waals surface area contributed by atoms with Crippen LogP contribution in [0.25, 0.3) is 5.69 Å². The Morgan fingerprint density at radius 2 is 2.17 bits per heavy atom. The lowest BCUT2D eigenvalue weighted by molar-refractivity contribution is 0.504. The highest BCUT2D eigenvalue weighted by molar-refractivity contribution is 9.10. The van der Waals surface area contributed by atoms with Crippen LogP contribution in [0.4, 0.5) is 4.39 Å². The normalized spacial score (nSPS) is 11.8. The predicted molar refractivity (Wildman–Crippen MR) is 73.2 cm³/mol. The molecule has 0 fully saturated rings. The lowest BCUT2D eigenvalue weighted by Gasteiger charge is -2.19. The third-order valence-electron chi connectivity index (χ3n) is 2.52. The van der Waals surface area contributed by atoms with E-state index in [9.17, 15) is 4.39 Å². The van der Waals surface area contributed by atoms with Crippen molar-refractivity contribution in [3.8, 4) is 5.69 Å². The Hall–Kier alpha value is -1.20. The van der Waals surface area contributed by atoms with Crippen LogP contribution in [0.15, 0.2) is 35.2 Å². The first-order valence-corrected chi connectivity index (χ1v) is 6.42. The smallest absolute Gasteiger partial charge is 0.148 e. The zero-order chi connectivity index (χ0) is 13.3. The number of hydrogen-bond donors (Lipinski definition) is 1. The zero-order valence-corrected chi connectivity index (χ0v) is 11.9. The van der Waals surface area contributed by atoms with Crippen LogP contribution in [-0.2, 0) is 6.42 Å². The Bertz CT molecular complexity index is 558. The molecule has 0 aliphatic carbocycles. The van der Waals surface area contributed by atoms with Crippen molar-refractivity contribution in [3.63, 3.8) is 0 Å². The van der Waals surface area contributed by atoms with Gasteiger partial charge in [0.05, 0.1) is 12.0 Å². The molecule has 18 heavy (non-hydrogen) atoms. The lowest BCUT2D eigenvalue weighted by Crippen LogP contribution is -2.35. The topological polar surface area (TPSA) is 43.8 Å². The van der Waals surface area contributed by atoms with Gasteiger partial charge in [-0.05, 0) is 32.0 Å². The second-order valence-corrected chi connectivity index (χ2v) is 5.93. The number of aromatic nitrogens is 2. The predicted octanol–water partition coefficient (Wildman–Crippen LogP) is 3.05. The van der Waals surface area contributed by atoms with Crippen LogP contribution in [0.2, 0.25) is 0 Å². The first-order chi connectivity index (χ1) is 8.37. The summed E-state index contributed by atoms with van der Waals surface area (Å²) in [6.07, 6.45) is 3.95. The Kier molecular flexibility index (Phi) is 3.54. The summed E-state index contributed by atoms with van der Waals surface area (Å²) in [7, 11) is 0. The summed E-state index contributed by atoms with van der Waals surface area (Å²) >= 11 is 3.24. The van der Waals surface area contributed by atoms with Gasteiger partial charge in [-0.25, -0.2) is 9.37 Å². The maximum absolute atomic E-state index is 13.9. The van der Waals surface area contributed by atoms with E-state index in [0.717, 1.165) is 5.69 Å². The molecule has 0 aliphatic heterocycles. The standard InChI is InChI=1S/C13H15BrFN3/c1-13(2,16)6-10-7-17-8-18(10)12-4-3-9(14)5-11(12)15/h3-5,7-8H,6,16H2,1-2H3. The monoisotopic (exact) mass is 311 g/mol. The minimum atomic E-state index is -0.358. The van der Waals surface area contributed by atoms with E-state index in [1.54, 1.807) is 29.2 Å². The van der Waals surface area contributed by atoms with Gasteiger partial charge >= 0.3 is 0 Å². The van der Waals surface area contributed by atoms with E-state index in [2.05, 4.69) is 20.9 Å². The van der Waals surface area contributed by atoms with Crippen LogP contribution < -0.4 is 5.73 Å². The molecule has 0 atom stereocenters. The van der Waals surface area contributed by atoms with Gasteiger partial charge in [0.1, 0.15) is 5.82 Å². The van der Waals surface area contributed by atoms with E-state index < -0.39 is 0 Å². The highest BCUT2D eigenvalue weighted by atomic mass is 79.9. The van der Waals surface area contributed by atoms with Crippen molar-refractivity contribution in [3.05, 3.63) is 46.7 Å². The third kappa shape index (κ3) is 2.97. The van der Waals surface area contributed by atoms with Gasteiger partial charge in [-0.2, -0.15) is 0 Å². The number of imidazole rings is 1. The molecule has 0 unspecified atom stereocenters. The molecule has 0 bridgehead atoms. The largest absolute Gasteiger partial charge is 0.325 e. The molecule has 1 heterocycles. The van der Waals surface area contributed by atoms with Crippen LogP contribution in [0.5, 0.6) is 0 Å². The molecule has 0 saturated heterocycles. The summed E-state index contributed by atoms with van der Waals surface area (Å²) in [6, 6.07) is 4.95. The Balaban J connectivity index is 2.42. The van der Waals surface area contributed by atoms with E-state index in [-0.39, 0.29) is 11.4 Å². The van der Waals surface area contributed by atoms with E-state index in [1.807, 2.05) is 13.8 Å². The molecule has 0 spiro atoms. The van der Waals surface area contributed by atoms with Crippen LogP contribution in [0.1, 0.15) is 19.5 Å². The molecule has 0 saturated carbocycles.